The van der Waals surface area contributed by atoms with Gasteiger partial charge in [-0.2, -0.15) is 4.98 Å². The van der Waals surface area contributed by atoms with Crippen LogP contribution in [0.5, 0.6) is 0 Å². The lowest BCUT2D eigenvalue weighted by Crippen LogP contribution is -2.36. The highest BCUT2D eigenvalue weighted by atomic mass is 16.5. The second kappa shape index (κ2) is 6.11. The number of pyridine rings is 1. The van der Waals surface area contributed by atoms with E-state index in [2.05, 4.69) is 32.8 Å². The smallest absolute Gasteiger partial charge is 0.274 e. The van der Waals surface area contributed by atoms with E-state index in [4.69, 9.17) is 9.15 Å². The fraction of sp³-hybridized carbons (Fsp3) is 0.222. The van der Waals surface area contributed by atoms with Gasteiger partial charge in [-0.15, -0.1) is 0 Å². The molecule has 0 N–H and O–H groups in total. The Kier molecular flexibility index (Phi) is 3.66. The van der Waals surface area contributed by atoms with Crippen molar-refractivity contribution in [1.82, 2.24) is 9.97 Å². The Labute approximate surface area is 133 Å². The number of hydrogen-bond acceptors (Lipinski definition) is 5. The van der Waals surface area contributed by atoms with Crippen LogP contribution in [0.2, 0.25) is 0 Å². The molecule has 1 saturated heterocycles. The molecule has 0 unspecified atom stereocenters. The van der Waals surface area contributed by atoms with Crippen molar-refractivity contribution in [3.8, 4) is 11.8 Å². The summed E-state index contributed by atoms with van der Waals surface area (Å²) in [5, 5.41) is 0. The first kappa shape index (κ1) is 13.8. The van der Waals surface area contributed by atoms with E-state index >= 15 is 0 Å². The van der Waals surface area contributed by atoms with Gasteiger partial charge in [0.15, 0.2) is 5.58 Å². The SMILES string of the molecule is C(#Cc1nc2c(N3CCOCC3)cccc2o1)c1cccnc1. The minimum Gasteiger partial charge on any atom is -0.430 e. The van der Waals surface area contributed by atoms with Crippen molar-refractivity contribution in [2.45, 2.75) is 0 Å². The van der Waals surface area contributed by atoms with E-state index in [0.717, 1.165) is 48.7 Å². The predicted molar refractivity (Wildman–Crippen MR) is 87.3 cm³/mol. The molecule has 114 valence electrons. The number of anilines is 1. The number of aromatic nitrogens is 2. The fourth-order valence-electron chi connectivity index (χ4n) is 2.61. The summed E-state index contributed by atoms with van der Waals surface area (Å²) in [5.74, 6) is 6.41. The normalized spacial score (nSPS) is 14.5. The molecule has 5 nitrogen and oxygen atoms in total. The number of fused-ring (bicyclic) bond motifs is 1. The van der Waals surface area contributed by atoms with Gasteiger partial charge in [0.1, 0.15) is 5.52 Å². The first-order chi connectivity index (χ1) is 11.4. The fourth-order valence-corrected chi connectivity index (χ4v) is 2.61. The molecule has 5 heteroatoms. The second-order valence-electron chi connectivity index (χ2n) is 5.23. The van der Waals surface area contributed by atoms with Crippen molar-refractivity contribution in [2.24, 2.45) is 0 Å². The summed E-state index contributed by atoms with van der Waals surface area (Å²) in [6, 6.07) is 9.72. The minimum atomic E-state index is 0.421. The van der Waals surface area contributed by atoms with Crippen LogP contribution in [0.15, 0.2) is 47.1 Å². The van der Waals surface area contributed by atoms with Crippen LogP contribution < -0.4 is 4.90 Å². The Bertz CT molecular complexity index is 871. The van der Waals surface area contributed by atoms with Gasteiger partial charge in [0.05, 0.1) is 18.9 Å². The average molecular weight is 305 g/mol. The molecule has 0 radical (unpaired) electrons. The summed E-state index contributed by atoms with van der Waals surface area (Å²) < 4.78 is 11.2. The van der Waals surface area contributed by atoms with Crippen molar-refractivity contribution >= 4 is 16.8 Å². The number of morpholine rings is 1. The second-order valence-corrected chi connectivity index (χ2v) is 5.23. The maximum atomic E-state index is 5.76. The summed E-state index contributed by atoms with van der Waals surface area (Å²) in [5.41, 5.74) is 3.52. The van der Waals surface area contributed by atoms with E-state index in [-0.39, 0.29) is 0 Å². The molecule has 0 spiro atoms. The Morgan fingerprint density at radius 2 is 1.96 bits per heavy atom. The van der Waals surface area contributed by atoms with Crippen molar-refractivity contribution in [2.75, 3.05) is 31.2 Å². The van der Waals surface area contributed by atoms with Crippen LogP contribution in [-0.2, 0) is 4.74 Å². The van der Waals surface area contributed by atoms with Gasteiger partial charge in [-0.05, 0) is 30.2 Å². The summed E-state index contributed by atoms with van der Waals surface area (Å²) in [4.78, 5) is 10.9. The molecule has 3 aromatic rings. The van der Waals surface area contributed by atoms with Crippen molar-refractivity contribution in [3.63, 3.8) is 0 Å². The summed E-state index contributed by atoms with van der Waals surface area (Å²) in [6.07, 6.45) is 3.44. The molecule has 0 bridgehead atoms. The van der Waals surface area contributed by atoms with E-state index in [9.17, 15) is 0 Å². The van der Waals surface area contributed by atoms with Crippen LogP contribution in [0.1, 0.15) is 11.5 Å². The van der Waals surface area contributed by atoms with Gasteiger partial charge in [0.2, 0.25) is 0 Å². The standard InChI is InChI=1S/C18H15N3O2/c1-4-15(21-9-11-22-12-10-21)18-16(5-1)23-17(20-18)7-6-14-3-2-8-19-13-14/h1-5,8,13H,9-12H2. The van der Waals surface area contributed by atoms with Gasteiger partial charge >= 0.3 is 0 Å². The maximum Gasteiger partial charge on any atom is 0.274 e. The van der Waals surface area contributed by atoms with Crippen molar-refractivity contribution < 1.29 is 9.15 Å². The van der Waals surface area contributed by atoms with Crippen LogP contribution in [-0.4, -0.2) is 36.3 Å². The number of para-hydroxylation sites is 1. The summed E-state index contributed by atoms with van der Waals surface area (Å²) >= 11 is 0. The van der Waals surface area contributed by atoms with E-state index in [0.29, 0.717) is 5.89 Å². The Morgan fingerprint density at radius 1 is 1.04 bits per heavy atom. The average Bonchev–Trinajstić information content (AvgIpc) is 3.04. The predicted octanol–water partition coefficient (Wildman–Crippen LogP) is 2.46. The number of hydrogen-bond donors (Lipinski definition) is 0. The van der Waals surface area contributed by atoms with Crippen LogP contribution in [0.4, 0.5) is 5.69 Å². The topological polar surface area (TPSA) is 51.4 Å². The van der Waals surface area contributed by atoms with Crippen LogP contribution in [0.3, 0.4) is 0 Å². The molecule has 2 aromatic heterocycles. The molecule has 0 saturated carbocycles. The van der Waals surface area contributed by atoms with Gasteiger partial charge in [0, 0.05) is 31.0 Å². The highest BCUT2D eigenvalue weighted by Crippen LogP contribution is 2.27. The molecule has 0 atom stereocenters. The molecule has 1 aliphatic rings. The number of nitrogens with zero attached hydrogens (tertiary/aromatic N) is 3. The molecule has 1 aliphatic heterocycles. The minimum absolute atomic E-state index is 0.421. The monoisotopic (exact) mass is 305 g/mol. The van der Waals surface area contributed by atoms with Gasteiger partial charge in [0.25, 0.3) is 5.89 Å². The highest BCUT2D eigenvalue weighted by molar-refractivity contribution is 5.87. The molecule has 0 amide bonds. The first-order valence-electron chi connectivity index (χ1n) is 7.54. The van der Waals surface area contributed by atoms with Crippen LogP contribution in [0, 0.1) is 11.8 Å². The van der Waals surface area contributed by atoms with Crippen LogP contribution in [0.25, 0.3) is 11.1 Å². The van der Waals surface area contributed by atoms with E-state index in [1.807, 2.05) is 24.3 Å². The Balaban J connectivity index is 1.69. The third-order valence-corrected chi connectivity index (χ3v) is 3.72. The molecular formula is C18H15N3O2. The lowest BCUT2D eigenvalue weighted by molar-refractivity contribution is 0.123. The first-order valence-corrected chi connectivity index (χ1v) is 7.54. The molecular weight excluding hydrogens is 290 g/mol. The molecule has 1 aromatic carbocycles. The molecule has 3 heterocycles. The Morgan fingerprint density at radius 3 is 2.78 bits per heavy atom. The molecule has 4 rings (SSSR count). The third kappa shape index (κ3) is 2.89. The zero-order valence-electron chi connectivity index (χ0n) is 12.5. The highest BCUT2D eigenvalue weighted by Gasteiger charge is 2.16. The number of rotatable bonds is 1. The Hall–Kier alpha value is -2.84. The molecule has 23 heavy (non-hydrogen) atoms. The number of benzene rings is 1. The van der Waals surface area contributed by atoms with Crippen molar-refractivity contribution in [1.29, 1.82) is 0 Å². The lowest BCUT2D eigenvalue weighted by atomic mass is 10.2. The summed E-state index contributed by atoms with van der Waals surface area (Å²) in [7, 11) is 0. The zero-order valence-corrected chi connectivity index (χ0v) is 12.5. The number of oxazole rings is 1. The third-order valence-electron chi connectivity index (χ3n) is 3.72. The number of ether oxygens (including phenoxy) is 1. The maximum absolute atomic E-state index is 5.76. The van der Waals surface area contributed by atoms with Gasteiger partial charge in [-0.1, -0.05) is 12.0 Å². The molecule has 0 aliphatic carbocycles. The van der Waals surface area contributed by atoms with Crippen molar-refractivity contribution in [3.05, 3.63) is 54.2 Å². The van der Waals surface area contributed by atoms with Crippen LogP contribution >= 0.6 is 0 Å². The quantitative estimate of drug-likeness (QED) is 0.646. The van der Waals surface area contributed by atoms with Gasteiger partial charge in [-0.3, -0.25) is 4.98 Å². The molecule has 1 fully saturated rings. The van der Waals surface area contributed by atoms with E-state index < -0.39 is 0 Å². The van der Waals surface area contributed by atoms with Gasteiger partial charge in [-0.25, -0.2) is 0 Å². The summed E-state index contributed by atoms with van der Waals surface area (Å²) in [6.45, 7) is 3.20. The lowest BCUT2D eigenvalue weighted by Gasteiger charge is -2.28. The van der Waals surface area contributed by atoms with Gasteiger partial charge < -0.3 is 14.1 Å². The van der Waals surface area contributed by atoms with E-state index in [1.165, 1.54) is 0 Å². The largest absolute Gasteiger partial charge is 0.430 e. The zero-order chi connectivity index (χ0) is 15.5. The van der Waals surface area contributed by atoms with E-state index in [1.54, 1.807) is 12.4 Å².